The molecule has 0 unspecified atom stereocenters. The lowest BCUT2D eigenvalue weighted by molar-refractivity contribution is 0.0941. The molecular weight excluding hydrogens is 238 g/mol. The van der Waals surface area contributed by atoms with Gasteiger partial charge in [0.25, 0.3) is 5.91 Å². The second-order valence-corrected chi connectivity index (χ2v) is 4.91. The van der Waals surface area contributed by atoms with E-state index in [0.29, 0.717) is 12.5 Å². The Morgan fingerprint density at radius 1 is 1.59 bits per heavy atom. The minimum atomic E-state index is -0.261. The average Bonchev–Trinajstić information content (AvgIpc) is 2.88. The zero-order chi connectivity index (χ0) is 11.7. The van der Waals surface area contributed by atoms with Crippen molar-refractivity contribution in [3.8, 4) is 0 Å². The second kappa shape index (κ2) is 4.25. The molecule has 0 saturated heterocycles. The van der Waals surface area contributed by atoms with Crippen molar-refractivity contribution in [2.24, 2.45) is 0 Å². The normalized spacial score (nSPS) is 14.8. The van der Waals surface area contributed by atoms with Crippen LogP contribution in [0.5, 0.6) is 0 Å². The Bertz CT molecular complexity index is 517. The van der Waals surface area contributed by atoms with Crippen LogP contribution in [-0.2, 0) is 6.54 Å². The highest BCUT2D eigenvalue weighted by molar-refractivity contribution is 7.09. The van der Waals surface area contributed by atoms with Crippen molar-refractivity contribution in [1.29, 1.82) is 0 Å². The highest BCUT2D eigenvalue weighted by Gasteiger charge is 2.28. The Balaban J connectivity index is 1.60. The molecule has 2 N–H and O–H groups in total. The van der Waals surface area contributed by atoms with Gasteiger partial charge < -0.3 is 5.32 Å². The van der Waals surface area contributed by atoms with E-state index in [9.17, 15) is 4.79 Å². The quantitative estimate of drug-likeness (QED) is 0.849. The van der Waals surface area contributed by atoms with E-state index in [1.165, 1.54) is 11.3 Å². The second-order valence-electron chi connectivity index (χ2n) is 3.93. The van der Waals surface area contributed by atoms with Crippen molar-refractivity contribution in [2.75, 3.05) is 0 Å². The van der Waals surface area contributed by atoms with Gasteiger partial charge in [-0.05, 0) is 12.8 Å². The molecule has 1 aliphatic carbocycles. The molecule has 0 bridgehead atoms. The van der Waals surface area contributed by atoms with E-state index < -0.39 is 0 Å². The van der Waals surface area contributed by atoms with Gasteiger partial charge in [0.05, 0.1) is 6.54 Å². The third-order valence-electron chi connectivity index (χ3n) is 2.55. The highest BCUT2D eigenvalue weighted by atomic mass is 32.1. The van der Waals surface area contributed by atoms with Crippen molar-refractivity contribution in [3.63, 3.8) is 0 Å². The fourth-order valence-corrected chi connectivity index (χ4v) is 2.05. The number of carbonyl (C=O) groups excluding carboxylic acids is 1. The van der Waals surface area contributed by atoms with Crippen LogP contribution in [0.1, 0.15) is 40.2 Å². The number of hydrogen-bond acceptors (Lipinski definition) is 5. The van der Waals surface area contributed by atoms with Crippen LogP contribution in [0.25, 0.3) is 0 Å². The Morgan fingerprint density at radius 2 is 2.47 bits per heavy atom. The van der Waals surface area contributed by atoms with E-state index in [1.807, 2.05) is 5.38 Å². The summed E-state index contributed by atoms with van der Waals surface area (Å²) < 4.78 is 0. The average molecular weight is 249 g/mol. The number of carbonyl (C=O) groups is 1. The molecule has 88 valence electrons. The molecule has 0 atom stereocenters. The van der Waals surface area contributed by atoms with E-state index >= 15 is 0 Å². The lowest BCUT2D eigenvalue weighted by atomic mass is 10.4. The fraction of sp³-hybridized carbons (Fsp3) is 0.400. The molecule has 1 aliphatic rings. The van der Waals surface area contributed by atoms with Crippen molar-refractivity contribution in [2.45, 2.75) is 25.3 Å². The molecule has 2 heterocycles. The van der Waals surface area contributed by atoms with E-state index in [1.54, 1.807) is 6.20 Å². The summed E-state index contributed by atoms with van der Waals surface area (Å²) >= 11 is 1.51. The molecular formula is C10H11N5OS. The highest BCUT2D eigenvalue weighted by Crippen LogP contribution is 2.37. The summed E-state index contributed by atoms with van der Waals surface area (Å²) in [6.45, 7) is 0.420. The molecule has 0 radical (unpaired) electrons. The maximum absolute atomic E-state index is 11.7. The van der Waals surface area contributed by atoms with Gasteiger partial charge in [-0.3, -0.25) is 9.89 Å². The maximum atomic E-state index is 11.7. The van der Waals surface area contributed by atoms with Crippen LogP contribution in [0.3, 0.4) is 0 Å². The molecule has 2 aromatic heterocycles. The van der Waals surface area contributed by atoms with Crippen molar-refractivity contribution < 1.29 is 4.79 Å². The van der Waals surface area contributed by atoms with Crippen LogP contribution in [0, 0.1) is 0 Å². The van der Waals surface area contributed by atoms with Crippen LogP contribution in [0.4, 0.5) is 0 Å². The van der Waals surface area contributed by atoms with Gasteiger partial charge in [-0.2, -0.15) is 0 Å². The van der Waals surface area contributed by atoms with Gasteiger partial charge in [-0.1, -0.05) is 0 Å². The largest absolute Gasteiger partial charge is 0.343 e. The molecule has 2 aromatic rings. The minimum Gasteiger partial charge on any atom is -0.343 e. The summed E-state index contributed by atoms with van der Waals surface area (Å²) in [5.41, 5.74) is 0. The summed E-state index contributed by atoms with van der Waals surface area (Å²) in [6, 6.07) is 0. The van der Waals surface area contributed by atoms with Crippen LogP contribution in [0.2, 0.25) is 0 Å². The molecule has 0 spiro atoms. The van der Waals surface area contributed by atoms with Crippen LogP contribution in [0.15, 0.2) is 11.6 Å². The molecule has 0 aromatic carbocycles. The van der Waals surface area contributed by atoms with Crippen LogP contribution < -0.4 is 5.32 Å². The first kappa shape index (κ1) is 10.4. The predicted molar refractivity (Wildman–Crippen MR) is 61.6 cm³/mol. The number of nitrogens with one attached hydrogen (secondary N) is 2. The van der Waals surface area contributed by atoms with E-state index in [4.69, 9.17) is 0 Å². The lowest BCUT2D eigenvalue weighted by Gasteiger charge is -1.97. The molecule has 1 amide bonds. The summed E-state index contributed by atoms with van der Waals surface area (Å²) in [6.07, 6.45) is 3.98. The number of H-pyrrole nitrogens is 1. The number of amides is 1. The molecule has 17 heavy (non-hydrogen) atoms. The van der Waals surface area contributed by atoms with Crippen molar-refractivity contribution >= 4 is 17.2 Å². The third kappa shape index (κ3) is 2.33. The first-order valence-electron chi connectivity index (χ1n) is 5.42. The van der Waals surface area contributed by atoms with Gasteiger partial charge in [0, 0.05) is 17.5 Å². The van der Waals surface area contributed by atoms with Crippen molar-refractivity contribution in [1.82, 2.24) is 25.5 Å². The van der Waals surface area contributed by atoms with Crippen LogP contribution in [-0.4, -0.2) is 26.1 Å². The number of aromatic amines is 1. The Hall–Kier alpha value is -1.76. The summed E-state index contributed by atoms with van der Waals surface area (Å²) in [4.78, 5) is 20.0. The summed E-state index contributed by atoms with van der Waals surface area (Å²) in [5.74, 6) is 1.25. The molecule has 0 aliphatic heterocycles. The number of hydrogen-bond donors (Lipinski definition) is 2. The number of thiazole rings is 1. The van der Waals surface area contributed by atoms with Gasteiger partial charge in [0.1, 0.15) is 10.8 Å². The number of rotatable bonds is 4. The van der Waals surface area contributed by atoms with E-state index in [0.717, 1.165) is 23.7 Å². The number of aromatic nitrogens is 4. The Labute approximate surface area is 101 Å². The number of nitrogens with zero attached hydrogens (tertiary/aromatic N) is 3. The van der Waals surface area contributed by atoms with Crippen molar-refractivity contribution in [3.05, 3.63) is 28.2 Å². The first-order valence-corrected chi connectivity index (χ1v) is 6.30. The zero-order valence-corrected chi connectivity index (χ0v) is 9.83. The van der Waals surface area contributed by atoms with E-state index in [-0.39, 0.29) is 11.7 Å². The summed E-state index contributed by atoms with van der Waals surface area (Å²) in [5, 5.41) is 12.2. The smallest absolute Gasteiger partial charge is 0.291 e. The summed E-state index contributed by atoms with van der Waals surface area (Å²) in [7, 11) is 0. The first-order chi connectivity index (χ1) is 8.33. The van der Waals surface area contributed by atoms with Gasteiger partial charge in [0.2, 0.25) is 5.82 Å². The predicted octanol–water partition coefficient (Wildman–Crippen LogP) is 1.07. The fourth-order valence-electron chi connectivity index (χ4n) is 1.49. The van der Waals surface area contributed by atoms with E-state index in [2.05, 4.69) is 25.5 Å². The SMILES string of the molecule is O=C(NCc1nccs1)c1n[nH]c(C2CC2)n1. The molecule has 6 nitrogen and oxygen atoms in total. The van der Waals surface area contributed by atoms with Gasteiger partial charge >= 0.3 is 0 Å². The molecule has 1 fully saturated rings. The lowest BCUT2D eigenvalue weighted by Crippen LogP contribution is -2.23. The Morgan fingerprint density at radius 3 is 3.18 bits per heavy atom. The third-order valence-corrected chi connectivity index (χ3v) is 3.33. The van der Waals surface area contributed by atoms with Gasteiger partial charge in [-0.25, -0.2) is 9.97 Å². The zero-order valence-electron chi connectivity index (χ0n) is 9.01. The maximum Gasteiger partial charge on any atom is 0.291 e. The molecule has 1 saturated carbocycles. The minimum absolute atomic E-state index is 0.212. The van der Waals surface area contributed by atoms with Crippen LogP contribution >= 0.6 is 11.3 Å². The Kier molecular flexibility index (Phi) is 2.60. The van der Waals surface area contributed by atoms with Gasteiger partial charge in [0.15, 0.2) is 0 Å². The van der Waals surface area contributed by atoms with Gasteiger partial charge in [-0.15, -0.1) is 16.4 Å². The molecule has 7 heteroatoms. The monoisotopic (exact) mass is 249 g/mol. The standard InChI is InChI=1S/C10H11N5OS/c16-10(12-5-7-11-3-4-17-7)9-13-8(14-15-9)6-1-2-6/h3-4,6H,1-2,5H2,(H,12,16)(H,13,14,15). The topological polar surface area (TPSA) is 83.6 Å². The molecule has 3 rings (SSSR count).